The number of carbonyl (C=O) groups excluding carboxylic acids is 1. The predicted molar refractivity (Wildman–Crippen MR) is 66.0 cm³/mol. The second-order valence-corrected chi connectivity index (χ2v) is 5.99. The lowest BCUT2D eigenvalue weighted by atomic mass is 9.77. The molecule has 2 fully saturated rings. The second kappa shape index (κ2) is 5.08. The van der Waals surface area contributed by atoms with E-state index in [9.17, 15) is 4.79 Å². The van der Waals surface area contributed by atoms with Gasteiger partial charge < -0.3 is 4.90 Å². The minimum atomic E-state index is -0.450. The van der Waals surface area contributed by atoms with Crippen LogP contribution in [-0.2, 0) is 4.79 Å². The van der Waals surface area contributed by atoms with E-state index >= 15 is 0 Å². The highest BCUT2D eigenvalue weighted by atomic mass is 16.2. The summed E-state index contributed by atoms with van der Waals surface area (Å²) in [6.07, 6.45) is 5.14. The van der Waals surface area contributed by atoms with Crippen molar-refractivity contribution in [3.8, 4) is 6.07 Å². The number of nitrogens with zero attached hydrogens (tertiary/aromatic N) is 2. The van der Waals surface area contributed by atoms with Gasteiger partial charge in [0.2, 0.25) is 5.91 Å². The Morgan fingerprint density at radius 1 is 1.29 bits per heavy atom. The van der Waals surface area contributed by atoms with Gasteiger partial charge in [0.1, 0.15) is 5.92 Å². The van der Waals surface area contributed by atoms with E-state index in [1.165, 1.54) is 25.7 Å². The molecule has 3 atom stereocenters. The van der Waals surface area contributed by atoms with Gasteiger partial charge in [-0.3, -0.25) is 4.79 Å². The molecule has 0 aromatic rings. The van der Waals surface area contributed by atoms with Gasteiger partial charge in [-0.25, -0.2) is 0 Å². The molecule has 3 nitrogen and oxygen atoms in total. The summed E-state index contributed by atoms with van der Waals surface area (Å²) in [4.78, 5) is 14.3. The molecule has 0 spiro atoms. The first-order valence-corrected chi connectivity index (χ1v) is 6.80. The SMILES string of the molecule is CC(C)C(C#N)C(=O)N1CC2CCCC(C2)C1. The molecular weight excluding hydrogens is 212 g/mol. The van der Waals surface area contributed by atoms with E-state index < -0.39 is 5.92 Å². The summed E-state index contributed by atoms with van der Waals surface area (Å²) in [5.74, 6) is 1.12. The maximum atomic E-state index is 12.3. The Kier molecular flexibility index (Phi) is 3.71. The lowest BCUT2D eigenvalue weighted by Gasteiger charge is -2.42. The van der Waals surface area contributed by atoms with Gasteiger partial charge in [-0.15, -0.1) is 0 Å². The Balaban J connectivity index is 2.03. The van der Waals surface area contributed by atoms with E-state index in [2.05, 4.69) is 6.07 Å². The summed E-state index contributed by atoms with van der Waals surface area (Å²) in [7, 11) is 0. The quantitative estimate of drug-likeness (QED) is 0.736. The Morgan fingerprint density at radius 3 is 2.35 bits per heavy atom. The largest absolute Gasteiger partial charge is 0.341 e. The van der Waals surface area contributed by atoms with Crippen molar-refractivity contribution in [3.63, 3.8) is 0 Å². The summed E-state index contributed by atoms with van der Waals surface area (Å²) in [5.41, 5.74) is 0. The van der Waals surface area contributed by atoms with Crippen LogP contribution in [0.1, 0.15) is 39.5 Å². The number of hydrogen-bond acceptors (Lipinski definition) is 2. The summed E-state index contributed by atoms with van der Waals surface area (Å²) in [5, 5.41) is 9.10. The predicted octanol–water partition coefficient (Wildman–Crippen LogP) is 2.43. The van der Waals surface area contributed by atoms with Crippen LogP contribution in [0.5, 0.6) is 0 Å². The van der Waals surface area contributed by atoms with E-state index in [-0.39, 0.29) is 11.8 Å². The second-order valence-electron chi connectivity index (χ2n) is 5.99. The summed E-state index contributed by atoms with van der Waals surface area (Å²) < 4.78 is 0. The van der Waals surface area contributed by atoms with Crippen molar-refractivity contribution in [3.05, 3.63) is 0 Å². The van der Waals surface area contributed by atoms with Crippen molar-refractivity contribution >= 4 is 5.91 Å². The Hall–Kier alpha value is -1.04. The first kappa shape index (κ1) is 12.4. The minimum absolute atomic E-state index is 0.0686. The zero-order chi connectivity index (χ0) is 12.4. The van der Waals surface area contributed by atoms with Gasteiger partial charge in [-0.05, 0) is 37.0 Å². The lowest BCUT2D eigenvalue weighted by molar-refractivity contribution is -0.138. The minimum Gasteiger partial charge on any atom is -0.341 e. The molecule has 1 aliphatic heterocycles. The number of amides is 1. The Morgan fingerprint density at radius 2 is 1.88 bits per heavy atom. The van der Waals surface area contributed by atoms with Gasteiger partial charge >= 0.3 is 0 Å². The van der Waals surface area contributed by atoms with Crippen LogP contribution in [0.4, 0.5) is 0 Å². The maximum absolute atomic E-state index is 12.3. The molecule has 0 aromatic heterocycles. The van der Waals surface area contributed by atoms with Crippen LogP contribution in [0.3, 0.4) is 0 Å². The number of hydrogen-bond donors (Lipinski definition) is 0. The monoisotopic (exact) mass is 234 g/mol. The van der Waals surface area contributed by atoms with Crippen molar-refractivity contribution in [1.82, 2.24) is 4.90 Å². The topological polar surface area (TPSA) is 44.1 Å². The third-order valence-corrected chi connectivity index (χ3v) is 4.23. The fraction of sp³-hybridized carbons (Fsp3) is 0.857. The molecule has 1 saturated heterocycles. The average molecular weight is 234 g/mol. The van der Waals surface area contributed by atoms with Crippen LogP contribution in [0.2, 0.25) is 0 Å². The molecule has 3 heteroatoms. The smallest absolute Gasteiger partial charge is 0.240 e. The molecule has 17 heavy (non-hydrogen) atoms. The molecule has 1 aliphatic carbocycles. The van der Waals surface area contributed by atoms with Crippen LogP contribution in [0.25, 0.3) is 0 Å². The fourth-order valence-electron chi connectivity index (χ4n) is 3.30. The molecule has 2 rings (SSSR count). The molecule has 3 unspecified atom stereocenters. The summed E-state index contributed by atoms with van der Waals surface area (Å²) in [6, 6.07) is 2.17. The number of carbonyl (C=O) groups is 1. The van der Waals surface area contributed by atoms with Gasteiger partial charge in [-0.1, -0.05) is 20.3 Å². The molecule has 0 aromatic carbocycles. The van der Waals surface area contributed by atoms with Crippen molar-refractivity contribution in [2.24, 2.45) is 23.7 Å². The van der Waals surface area contributed by atoms with Gasteiger partial charge in [0.05, 0.1) is 6.07 Å². The molecule has 94 valence electrons. The maximum Gasteiger partial charge on any atom is 0.240 e. The molecule has 0 N–H and O–H groups in total. The number of piperidine rings is 1. The van der Waals surface area contributed by atoms with Crippen molar-refractivity contribution in [2.75, 3.05) is 13.1 Å². The van der Waals surface area contributed by atoms with Crippen LogP contribution in [0, 0.1) is 35.0 Å². The van der Waals surface area contributed by atoms with Crippen molar-refractivity contribution in [2.45, 2.75) is 39.5 Å². The number of likely N-dealkylation sites (tertiary alicyclic amines) is 1. The fourth-order valence-corrected chi connectivity index (χ4v) is 3.30. The van der Waals surface area contributed by atoms with E-state index in [1.54, 1.807) is 0 Å². The Bertz CT molecular complexity index is 320. The van der Waals surface area contributed by atoms with E-state index in [0.717, 1.165) is 13.1 Å². The highest BCUT2D eigenvalue weighted by Crippen LogP contribution is 2.35. The third-order valence-electron chi connectivity index (χ3n) is 4.23. The standard InChI is InChI=1S/C14H22N2O/c1-10(2)13(7-15)14(17)16-8-11-4-3-5-12(6-11)9-16/h10-13H,3-6,8-9H2,1-2H3. The van der Waals surface area contributed by atoms with E-state index in [4.69, 9.17) is 5.26 Å². The molecule has 1 heterocycles. The highest BCUT2D eigenvalue weighted by Gasteiger charge is 2.35. The third kappa shape index (κ3) is 2.62. The van der Waals surface area contributed by atoms with Gasteiger partial charge in [0.15, 0.2) is 0 Å². The van der Waals surface area contributed by atoms with Crippen molar-refractivity contribution in [1.29, 1.82) is 5.26 Å². The zero-order valence-electron chi connectivity index (χ0n) is 10.9. The first-order chi connectivity index (χ1) is 8.11. The van der Waals surface area contributed by atoms with Gasteiger partial charge in [0.25, 0.3) is 0 Å². The molecule has 2 aliphatic rings. The summed E-state index contributed by atoms with van der Waals surface area (Å²) in [6.45, 7) is 5.69. The zero-order valence-corrected chi connectivity index (χ0v) is 10.9. The number of rotatable bonds is 2. The number of fused-ring (bicyclic) bond motifs is 2. The average Bonchev–Trinajstić information content (AvgIpc) is 2.28. The Labute approximate surface area is 104 Å². The van der Waals surface area contributed by atoms with E-state index in [0.29, 0.717) is 11.8 Å². The highest BCUT2D eigenvalue weighted by molar-refractivity contribution is 5.81. The van der Waals surface area contributed by atoms with Gasteiger partial charge in [0, 0.05) is 13.1 Å². The summed E-state index contributed by atoms with van der Waals surface area (Å²) >= 11 is 0. The van der Waals surface area contributed by atoms with E-state index in [1.807, 2.05) is 18.7 Å². The molecule has 1 saturated carbocycles. The lowest BCUT2D eigenvalue weighted by Crippen LogP contribution is -2.48. The molecule has 0 radical (unpaired) electrons. The molecular formula is C14H22N2O. The first-order valence-electron chi connectivity index (χ1n) is 6.80. The molecule has 2 bridgehead atoms. The van der Waals surface area contributed by atoms with Crippen LogP contribution in [-0.4, -0.2) is 23.9 Å². The van der Waals surface area contributed by atoms with Gasteiger partial charge in [-0.2, -0.15) is 5.26 Å². The normalized spacial score (nSPS) is 29.9. The van der Waals surface area contributed by atoms with Crippen LogP contribution < -0.4 is 0 Å². The molecule has 1 amide bonds. The number of nitriles is 1. The van der Waals surface area contributed by atoms with Crippen LogP contribution >= 0.6 is 0 Å². The van der Waals surface area contributed by atoms with Crippen LogP contribution in [0.15, 0.2) is 0 Å². The van der Waals surface area contributed by atoms with Crippen molar-refractivity contribution < 1.29 is 4.79 Å².